The average molecular weight is 183 g/mol. The lowest BCUT2D eigenvalue weighted by atomic mass is 9.97. The van der Waals surface area contributed by atoms with Gasteiger partial charge in [0, 0.05) is 17.8 Å². The molecule has 0 aromatic heterocycles. The van der Waals surface area contributed by atoms with Crippen molar-refractivity contribution in [3.8, 4) is 0 Å². The molecule has 1 heteroatoms. The molecule has 1 nitrogen and oxygen atoms in total. The Morgan fingerprint density at radius 2 is 1.93 bits per heavy atom. The lowest BCUT2D eigenvalue weighted by molar-refractivity contribution is 1.12. The van der Waals surface area contributed by atoms with Gasteiger partial charge in [-0.15, -0.1) is 0 Å². The summed E-state index contributed by atoms with van der Waals surface area (Å²) in [4.78, 5) is 0. The molecule has 70 valence electrons. The number of hydrogen-bond donors (Lipinski definition) is 1. The van der Waals surface area contributed by atoms with E-state index in [1.165, 1.54) is 16.8 Å². The first-order chi connectivity index (χ1) is 6.85. The van der Waals surface area contributed by atoms with Crippen LogP contribution in [0.1, 0.15) is 5.56 Å². The predicted octanol–water partition coefficient (Wildman–Crippen LogP) is 3.28. The van der Waals surface area contributed by atoms with Crippen molar-refractivity contribution in [1.29, 1.82) is 0 Å². The Bertz CT molecular complexity index is 374. The van der Waals surface area contributed by atoms with E-state index in [0.717, 1.165) is 12.1 Å². The summed E-state index contributed by atoms with van der Waals surface area (Å²) < 4.78 is 0. The first-order valence-corrected chi connectivity index (χ1v) is 4.68. The van der Waals surface area contributed by atoms with Gasteiger partial charge in [-0.3, -0.25) is 0 Å². The zero-order valence-electron chi connectivity index (χ0n) is 8.09. The molecule has 1 aliphatic heterocycles. The molecule has 2 rings (SSSR count). The molecule has 0 aliphatic carbocycles. The standard InChI is InChI=1S/C13H13N/c1-3-10-9-11-7-5-6-8-13(11)14-12(10)4-2/h3-8,14H,1-2,9H2. The predicted molar refractivity (Wildman–Crippen MR) is 61.2 cm³/mol. The number of nitrogens with one attached hydrogen (secondary N) is 1. The third-order valence-corrected chi connectivity index (χ3v) is 2.46. The summed E-state index contributed by atoms with van der Waals surface area (Å²) >= 11 is 0. The molecule has 0 radical (unpaired) electrons. The van der Waals surface area contributed by atoms with E-state index >= 15 is 0 Å². The maximum atomic E-state index is 3.81. The van der Waals surface area contributed by atoms with Crippen LogP contribution in [0.15, 0.2) is 60.8 Å². The van der Waals surface area contributed by atoms with Crippen molar-refractivity contribution in [2.24, 2.45) is 0 Å². The molecule has 0 atom stereocenters. The van der Waals surface area contributed by atoms with E-state index in [-0.39, 0.29) is 0 Å². The maximum absolute atomic E-state index is 3.81. The largest absolute Gasteiger partial charge is 0.355 e. The number of fused-ring (bicyclic) bond motifs is 1. The molecule has 1 aromatic rings. The fraction of sp³-hybridized carbons (Fsp3) is 0.0769. The normalized spacial score (nSPS) is 14.3. The molecule has 0 unspecified atom stereocenters. The highest BCUT2D eigenvalue weighted by molar-refractivity contribution is 5.63. The van der Waals surface area contributed by atoms with Crippen molar-refractivity contribution >= 4 is 5.69 Å². The topological polar surface area (TPSA) is 12.0 Å². The molecule has 0 saturated heterocycles. The Hall–Kier alpha value is -1.76. The summed E-state index contributed by atoms with van der Waals surface area (Å²) in [5, 5.41) is 3.34. The quantitative estimate of drug-likeness (QED) is 0.742. The molecule has 0 saturated carbocycles. The molecule has 14 heavy (non-hydrogen) atoms. The highest BCUT2D eigenvalue weighted by Crippen LogP contribution is 2.27. The molecular formula is C13H13N. The fourth-order valence-electron chi connectivity index (χ4n) is 1.69. The molecule has 0 spiro atoms. The lowest BCUT2D eigenvalue weighted by Gasteiger charge is -2.21. The van der Waals surface area contributed by atoms with Crippen LogP contribution in [-0.2, 0) is 6.42 Å². The van der Waals surface area contributed by atoms with E-state index in [2.05, 4.69) is 36.7 Å². The second-order valence-corrected chi connectivity index (χ2v) is 3.31. The number of anilines is 1. The van der Waals surface area contributed by atoms with E-state index in [0.29, 0.717) is 0 Å². The van der Waals surface area contributed by atoms with Crippen LogP contribution in [0.5, 0.6) is 0 Å². The smallest absolute Gasteiger partial charge is 0.0420 e. The van der Waals surface area contributed by atoms with Crippen LogP contribution in [0.2, 0.25) is 0 Å². The average Bonchev–Trinajstić information content (AvgIpc) is 2.27. The highest BCUT2D eigenvalue weighted by Gasteiger charge is 2.12. The van der Waals surface area contributed by atoms with Gasteiger partial charge in [-0.2, -0.15) is 0 Å². The number of allylic oxidation sites excluding steroid dienone is 3. The molecule has 0 bridgehead atoms. The van der Waals surface area contributed by atoms with Crippen molar-refractivity contribution in [1.82, 2.24) is 0 Å². The van der Waals surface area contributed by atoms with E-state index in [4.69, 9.17) is 0 Å². The van der Waals surface area contributed by atoms with Crippen molar-refractivity contribution in [3.05, 3.63) is 66.4 Å². The Labute approximate surface area is 84.5 Å². The van der Waals surface area contributed by atoms with Crippen LogP contribution in [0.25, 0.3) is 0 Å². The second-order valence-electron chi connectivity index (χ2n) is 3.31. The van der Waals surface area contributed by atoms with E-state index in [9.17, 15) is 0 Å². The maximum Gasteiger partial charge on any atom is 0.0420 e. The zero-order chi connectivity index (χ0) is 9.97. The van der Waals surface area contributed by atoms with E-state index in [1.54, 1.807) is 0 Å². The van der Waals surface area contributed by atoms with E-state index < -0.39 is 0 Å². The lowest BCUT2D eigenvalue weighted by Crippen LogP contribution is -2.10. The van der Waals surface area contributed by atoms with Gasteiger partial charge in [-0.25, -0.2) is 0 Å². The summed E-state index contributed by atoms with van der Waals surface area (Å²) in [5.74, 6) is 0. The fourth-order valence-corrected chi connectivity index (χ4v) is 1.69. The molecule has 1 N–H and O–H groups in total. The molecule has 0 fully saturated rings. The molecular weight excluding hydrogens is 170 g/mol. The third kappa shape index (κ3) is 1.37. The van der Waals surface area contributed by atoms with E-state index in [1.807, 2.05) is 18.2 Å². The van der Waals surface area contributed by atoms with Crippen molar-refractivity contribution in [3.63, 3.8) is 0 Å². The number of rotatable bonds is 2. The molecule has 1 aliphatic rings. The monoisotopic (exact) mass is 183 g/mol. The minimum atomic E-state index is 0.939. The Morgan fingerprint density at radius 3 is 2.64 bits per heavy atom. The Kier molecular flexibility index (Phi) is 2.23. The first-order valence-electron chi connectivity index (χ1n) is 4.68. The zero-order valence-corrected chi connectivity index (χ0v) is 8.09. The highest BCUT2D eigenvalue weighted by atomic mass is 14.9. The van der Waals surface area contributed by atoms with Gasteiger partial charge in [0.2, 0.25) is 0 Å². The van der Waals surface area contributed by atoms with Crippen molar-refractivity contribution in [2.75, 3.05) is 5.32 Å². The van der Waals surface area contributed by atoms with Crippen LogP contribution in [0.4, 0.5) is 5.69 Å². The molecule has 0 amide bonds. The number of para-hydroxylation sites is 1. The Morgan fingerprint density at radius 1 is 1.14 bits per heavy atom. The third-order valence-electron chi connectivity index (χ3n) is 2.46. The van der Waals surface area contributed by atoms with Gasteiger partial charge in [0.25, 0.3) is 0 Å². The van der Waals surface area contributed by atoms with Crippen LogP contribution in [-0.4, -0.2) is 0 Å². The SMILES string of the molecule is C=CC1=C(C=C)Nc2ccccc2C1. The minimum absolute atomic E-state index is 0.939. The van der Waals surface area contributed by atoms with Gasteiger partial charge < -0.3 is 5.32 Å². The number of hydrogen-bond acceptors (Lipinski definition) is 1. The first kappa shape index (κ1) is 8.82. The number of benzene rings is 1. The molecule has 1 aromatic carbocycles. The summed E-state index contributed by atoms with van der Waals surface area (Å²) in [7, 11) is 0. The second kappa shape index (κ2) is 3.54. The molecule has 1 heterocycles. The van der Waals surface area contributed by atoms with Crippen LogP contribution in [0.3, 0.4) is 0 Å². The van der Waals surface area contributed by atoms with Crippen molar-refractivity contribution in [2.45, 2.75) is 6.42 Å². The van der Waals surface area contributed by atoms with Gasteiger partial charge in [0.05, 0.1) is 0 Å². The minimum Gasteiger partial charge on any atom is -0.355 e. The summed E-state index contributed by atoms with van der Waals surface area (Å²) in [6, 6.07) is 8.30. The van der Waals surface area contributed by atoms with Crippen molar-refractivity contribution < 1.29 is 0 Å². The van der Waals surface area contributed by atoms with Crippen LogP contribution < -0.4 is 5.32 Å². The summed E-state index contributed by atoms with van der Waals surface area (Å²) in [6.45, 7) is 7.60. The van der Waals surface area contributed by atoms with Gasteiger partial charge in [0.15, 0.2) is 0 Å². The van der Waals surface area contributed by atoms with Crippen LogP contribution in [0, 0.1) is 0 Å². The van der Waals surface area contributed by atoms with Gasteiger partial charge in [0.1, 0.15) is 0 Å². The summed E-state index contributed by atoms with van der Waals surface area (Å²) in [5.41, 5.74) is 4.76. The van der Waals surface area contributed by atoms with Gasteiger partial charge in [-0.1, -0.05) is 37.4 Å². The summed E-state index contributed by atoms with van der Waals surface area (Å²) in [6.07, 6.45) is 4.67. The van der Waals surface area contributed by atoms with Gasteiger partial charge >= 0.3 is 0 Å². The Balaban J connectivity index is 2.45. The van der Waals surface area contributed by atoms with Crippen LogP contribution >= 0.6 is 0 Å². The van der Waals surface area contributed by atoms with Gasteiger partial charge in [-0.05, 0) is 23.3 Å².